The highest BCUT2D eigenvalue weighted by Gasteiger charge is 2.10. The van der Waals surface area contributed by atoms with E-state index in [4.69, 9.17) is 39.5 Å². The van der Waals surface area contributed by atoms with Crippen molar-refractivity contribution < 1.29 is 9.53 Å². The lowest BCUT2D eigenvalue weighted by Crippen LogP contribution is -2.23. The number of carbonyl (C=O) groups excluding carboxylic acids is 1. The Morgan fingerprint density at radius 3 is 2.22 bits per heavy atom. The second-order valence-electron chi connectivity index (χ2n) is 7.14. The summed E-state index contributed by atoms with van der Waals surface area (Å²) in [4.78, 5) is 12.4. The molecule has 0 radical (unpaired) electrons. The Morgan fingerprint density at radius 2 is 1.62 bits per heavy atom. The van der Waals surface area contributed by atoms with E-state index in [2.05, 4.69) is 5.32 Å². The van der Waals surface area contributed by atoms with Crippen LogP contribution in [0.4, 0.5) is 0 Å². The highest BCUT2D eigenvalue weighted by Crippen LogP contribution is 2.29. The molecule has 0 aliphatic rings. The van der Waals surface area contributed by atoms with Crippen LogP contribution >= 0.6 is 34.8 Å². The van der Waals surface area contributed by atoms with Gasteiger partial charge in [0.1, 0.15) is 23.1 Å². The lowest BCUT2D eigenvalue weighted by Gasteiger charge is -2.10. The van der Waals surface area contributed by atoms with Crippen molar-refractivity contribution >= 4 is 46.8 Å². The summed E-state index contributed by atoms with van der Waals surface area (Å²) in [6.45, 7) is 4.07. The molecule has 0 heterocycles. The molecule has 0 saturated carbocycles. The minimum Gasteiger partial charge on any atom is -0.457 e. The van der Waals surface area contributed by atoms with E-state index < -0.39 is 5.91 Å². The largest absolute Gasteiger partial charge is 0.457 e. The number of amides is 1. The monoisotopic (exact) mass is 484 g/mol. The fraction of sp³-hybridized carbons (Fsp3) is 0.120. The van der Waals surface area contributed by atoms with Crippen molar-refractivity contribution in [2.24, 2.45) is 0 Å². The zero-order valence-electron chi connectivity index (χ0n) is 17.4. The van der Waals surface area contributed by atoms with Crippen LogP contribution < -0.4 is 10.1 Å². The van der Waals surface area contributed by atoms with Gasteiger partial charge in [0, 0.05) is 11.6 Å². The molecule has 162 valence electrons. The number of ether oxygens (including phenoxy) is 1. The second-order valence-corrected chi connectivity index (χ2v) is 8.34. The Hall–Kier alpha value is -2.97. The third-order valence-corrected chi connectivity index (χ3v) is 5.97. The molecule has 0 bridgehead atoms. The van der Waals surface area contributed by atoms with Crippen molar-refractivity contribution in [2.45, 2.75) is 20.4 Å². The smallest absolute Gasteiger partial charge is 0.262 e. The lowest BCUT2D eigenvalue weighted by atomic mass is 10.1. The average Bonchev–Trinajstić information content (AvgIpc) is 2.77. The van der Waals surface area contributed by atoms with Gasteiger partial charge in [-0.3, -0.25) is 4.79 Å². The van der Waals surface area contributed by atoms with Gasteiger partial charge >= 0.3 is 0 Å². The van der Waals surface area contributed by atoms with Crippen molar-refractivity contribution in [1.82, 2.24) is 5.32 Å². The van der Waals surface area contributed by atoms with Gasteiger partial charge in [-0.1, -0.05) is 53.0 Å². The number of benzene rings is 3. The van der Waals surface area contributed by atoms with Crippen LogP contribution in [0.5, 0.6) is 11.5 Å². The number of nitrogens with zero attached hydrogens (tertiary/aromatic N) is 1. The summed E-state index contributed by atoms with van der Waals surface area (Å²) in [5.41, 5.74) is 3.34. The maximum Gasteiger partial charge on any atom is 0.262 e. The maximum absolute atomic E-state index is 12.4. The van der Waals surface area contributed by atoms with E-state index in [0.29, 0.717) is 27.1 Å². The molecule has 0 fully saturated rings. The Bertz CT molecular complexity index is 1210. The second kappa shape index (κ2) is 10.6. The Kier molecular flexibility index (Phi) is 7.82. The Balaban J connectivity index is 1.67. The van der Waals surface area contributed by atoms with Crippen LogP contribution in [0.2, 0.25) is 15.1 Å². The summed E-state index contributed by atoms with van der Waals surface area (Å²) in [7, 11) is 0. The number of rotatable bonds is 6. The van der Waals surface area contributed by atoms with Crippen LogP contribution in [0.3, 0.4) is 0 Å². The van der Waals surface area contributed by atoms with Crippen LogP contribution in [0, 0.1) is 25.2 Å². The van der Waals surface area contributed by atoms with Crippen molar-refractivity contribution in [2.75, 3.05) is 0 Å². The predicted molar refractivity (Wildman–Crippen MR) is 129 cm³/mol. The minimum absolute atomic E-state index is 0.0114. The first-order chi connectivity index (χ1) is 15.3. The predicted octanol–water partition coefficient (Wildman–Crippen LogP) is 7.28. The maximum atomic E-state index is 12.4. The molecule has 3 aromatic carbocycles. The number of nitrogens with one attached hydrogen (secondary N) is 1. The minimum atomic E-state index is -0.481. The molecule has 1 N–H and O–H groups in total. The number of hydrogen-bond acceptors (Lipinski definition) is 3. The van der Waals surface area contributed by atoms with Crippen LogP contribution in [0.25, 0.3) is 6.08 Å². The summed E-state index contributed by atoms with van der Waals surface area (Å²) < 4.78 is 5.89. The number of carbonyl (C=O) groups is 1. The lowest BCUT2D eigenvalue weighted by molar-refractivity contribution is -0.117. The van der Waals surface area contributed by atoms with Crippen molar-refractivity contribution in [3.8, 4) is 17.6 Å². The molecule has 32 heavy (non-hydrogen) atoms. The molecule has 7 heteroatoms. The van der Waals surface area contributed by atoms with E-state index in [1.54, 1.807) is 42.5 Å². The highest BCUT2D eigenvalue weighted by molar-refractivity contribution is 6.42. The Labute approximate surface area is 202 Å². The van der Waals surface area contributed by atoms with Crippen molar-refractivity contribution in [3.63, 3.8) is 0 Å². The molecule has 3 aromatic rings. The van der Waals surface area contributed by atoms with Gasteiger partial charge in [-0.15, -0.1) is 0 Å². The van der Waals surface area contributed by atoms with E-state index >= 15 is 0 Å². The van der Waals surface area contributed by atoms with Gasteiger partial charge in [0.2, 0.25) is 0 Å². The summed E-state index contributed by atoms with van der Waals surface area (Å²) in [5, 5.41) is 13.7. The zero-order valence-corrected chi connectivity index (χ0v) is 19.6. The molecule has 4 nitrogen and oxygen atoms in total. The number of hydrogen-bond donors (Lipinski definition) is 1. The molecule has 0 spiro atoms. The summed E-state index contributed by atoms with van der Waals surface area (Å²) in [6, 6.07) is 17.8. The number of nitriles is 1. The normalized spacial score (nSPS) is 11.1. The summed E-state index contributed by atoms with van der Waals surface area (Å²) >= 11 is 18.1. The highest BCUT2D eigenvalue weighted by atomic mass is 35.5. The van der Waals surface area contributed by atoms with Gasteiger partial charge in [0.15, 0.2) is 0 Å². The standard InChI is InChI=1S/C25H19Cl3N2O2/c1-15-9-21(10-16(2)24(15)28)32-20-6-3-17(4-7-20)11-19(13-29)25(31)30-14-18-5-8-22(26)23(27)12-18/h3-12H,14H2,1-2H3,(H,30,31)/b19-11+. The molecule has 0 atom stereocenters. The van der Waals surface area contributed by atoms with Crippen molar-refractivity contribution in [3.05, 3.63) is 97.5 Å². The van der Waals surface area contributed by atoms with Gasteiger partial charge in [-0.2, -0.15) is 5.26 Å². The van der Waals surface area contributed by atoms with Crippen LogP contribution in [0.1, 0.15) is 22.3 Å². The van der Waals surface area contributed by atoms with Crippen LogP contribution in [0.15, 0.2) is 60.2 Å². The first-order valence-corrected chi connectivity index (χ1v) is 10.8. The summed E-state index contributed by atoms with van der Waals surface area (Å²) in [5.74, 6) is 0.837. The van der Waals surface area contributed by atoms with Gasteiger partial charge in [0.05, 0.1) is 10.0 Å². The number of aryl methyl sites for hydroxylation is 2. The van der Waals surface area contributed by atoms with E-state index in [0.717, 1.165) is 21.7 Å². The fourth-order valence-corrected chi connectivity index (χ4v) is 3.41. The third-order valence-electron chi connectivity index (χ3n) is 4.64. The molecule has 1 amide bonds. The quantitative estimate of drug-likeness (QED) is 0.295. The number of halogens is 3. The first-order valence-electron chi connectivity index (χ1n) is 9.65. The summed E-state index contributed by atoms with van der Waals surface area (Å²) in [6.07, 6.45) is 1.52. The fourth-order valence-electron chi connectivity index (χ4n) is 2.98. The SMILES string of the molecule is Cc1cc(Oc2ccc(/C=C(\C#N)C(=O)NCc3ccc(Cl)c(Cl)c3)cc2)cc(C)c1Cl. The zero-order chi connectivity index (χ0) is 23.3. The van der Waals surface area contributed by atoms with Gasteiger partial charge in [0.25, 0.3) is 5.91 Å². The van der Waals surface area contributed by atoms with E-state index in [-0.39, 0.29) is 12.1 Å². The molecular formula is C25H19Cl3N2O2. The van der Waals surface area contributed by atoms with Crippen LogP contribution in [-0.2, 0) is 11.3 Å². The molecule has 0 aliphatic carbocycles. The van der Waals surface area contributed by atoms with E-state index in [9.17, 15) is 10.1 Å². The molecule has 0 aliphatic heterocycles. The van der Waals surface area contributed by atoms with Gasteiger partial charge < -0.3 is 10.1 Å². The van der Waals surface area contributed by atoms with E-state index in [1.807, 2.05) is 32.0 Å². The third kappa shape index (κ3) is 6.05. The van der Waals surface area contributed by atoms with Crippen LogP contribution in [-0.4, -0.2) is 5.91 Å². The Morgan fingerprint density at radius 1 is 0.969 bits per heavy atom. The van der Waals surface area contributed by atoms with E-state index in [1.165, 1.54) is 6.08 Å². The molecular weight excluding hydrogens is 467 g/mol. The topological polar surface area (TPSA) is 62.1 Å². The molecule has 0 aromatic heterocycles. The molecule has 3 rings (SSSR count). The molecule has 0 saturated heterocycles. The van der Waals surface area contributed by atoms with Gasteiger partial charge in [-0.25, -0.2) is 0 Å². The molecule has 0 unspecified atom stereocenters. The average molecular weight is 486 g/mol. The van der Waals surface area contributed by atoms with Gasteiger partial charge in [-0.05, 0) is 78.6 Å². The first kappa shape index (κ1) is 23.7. The van der Waals surface area contributed by atoms with Crippen molar-refractivity contribution in [1.29, 1.82) is 5.26 Å².